The van der Waals surface area contributed by atoms with E-state index in [1.165, 1.54) is 17.5 Å². The summed E-state index contributed by atoms with van der Waals surface area (Å²) in [6, 6.07) is 8.94. The molecule has 0 aromatic heterocycles. The van der Waals surface area contributed by atoms with Crippen molar-refractivity contribution in [1.29, 1.82) is 0 Å². The maximum Gasteiger partial charge on any atom is 0.0843 e. The molecule has 106 valence electrons. The third-order valence-corrected chi connectivity index (χ3v) is 3.92. The van der Waals surface area contributed by atoms with Gasteiger partial charge in [0.05, 0.1) is 12.7 Å². The van der Waals surface area contributed by atoms with E-state index in [1.807, 2.05) is 0 Å². The molecule has 1 aromatic carbocycles. The predicted molar refractivity (Wildman–Crippen MR) is 78.6 cm³/mol. The van der Waals surface area contributed by atoms with Crippen LogP contribution in [0.2, 0.25) is 0 Å². The molecule has 0 aliphatic carbocycles. The second-order valence-corrected chi connectivity index (χ2v) is 5.88. The molecule has 3 heteroatoms. The Kier molecular flexibility index (Phi) is 5.37. The average molecular weight is 262 g/mol. The predicted octanol–water partition coefficient (Wildman–Crippen LogP) is 2.96. The molecule has 19 heavy (non-hydrogen) atoms. The highest BCUT2D eigenvalue weighted by Crippen LogP contribution is 2.31. The van der Waals surface area contributed by atoms with Crippen LogP contribution in [-0.2, 0) is 11.2 Å². The SMILES string of the molecule is CC(C)CCC(CC1OCCc2ccccc21)NN. The van der Waals surface area contributed by atoms with Gasteiger partial charge in [-0.15, -0.1) is 0 Å². The van der Waals surface area contributed by atoms with Crippen molar-refractivity contribution in [3.63, 3.8) is 0 Å². The summed E-state index contributed by atoms with van der Waals surface area (Å²) in [5.41, 5.74) is 5.73. The van der Waals surface area contributed by atoms with Crippen molar-refractivity contribution in [2.45, 2.75) is 51.7 Å². The summed E-state index contributed by atoms with van der Waals surface area (Å²) < 4.78 is 5.95. The molecule has 2 atom stereocenters. The van der Waals surface area contributed by atoms with E-state index in [2.05, 4.69) is 43.5 Å². The fourth-order valence-electron chi connectivity index (χ4n) is 2.73. The number of fused-ring (bicyclic) bond motifs is 1. The highest BCUT2D eigenvalue weighted by atomic mass is 16.5. The van der Waals surface area contributed by atoms with Gasteiger partial charge in [-0.2, -0.15) is 0 Å². The van der Waals surface area contributed by atoms with E-state index in [0.29, 0.717) is 6.04 Å². The van der Waals surface area contributed by atoms with Gasteiger partial charge in [0.25, 0.3) is 0 Å². The molecule has 2 unspecified atom stereocenters. The Morgan fingerprint density at radius 3 is 2.84 bits per heavy atom. The number of ether oxygens (including phenoxy) is 1. The van der Waals surface area contributed by atoms with Crippen molar-refractivity contribution in [2.75, 3.05) is 6.61 Å². The molecule has 0 bridgehead atoms. The van der Waals surface area contributed by atoms with Crippen LogP contribution in [0.4, 0.5) is 0 Å². The third-order valence-electron chi connectivity index (χ3n) is 3.92. The molecule has 0 fully saturated rings. The lowest BCUT2D eigenvalue weighted by atomic mass is 9.91. The number of benzene rings is 1. The van der Waals surface area contributed by atoms with Crippen molar-refractivity contribution in [1.82, 2.24) is 5.43 Å². The van der Waals surface area contributed by atoms with Gasteiger partial charge in [0.2, 0.25) is 0 Å². The topological polar surface area (TPSA) is 47.3 Å². The van der Waals surface area contributed by atoms with Crippen molar-refractivity contribution in [2.24, 2.45) is 11.8 Å². The van der Waals surface area contributed by atoms with Gasteiger partial charge in [-0.25, -0.2) is 0 Å². The van der Waals surface area contributed by atoms with Crippen LogP contribution in [-0.4, -0.2) is 12.6 Å². The van der Waals surface area contributed by atoms with E-state index >= 15 is 0 Å². The number of nitrogens with one attached hydrogen (secondary N) is 1. The Morgan fingerprint density at radius 2 is 2.11 bits per heavy atom. The van der Waals surface area contributed by atoms with Crippen molar-refractivity contribution in [3.8, 4) is 0 Å². The largest absolute Gasteiger partial charge is 0.373 e. The summed E-state index contributed by atoms with van der Waals surface area (Å²) in [6.45, 7) is 5.32. The summed E-state index contributed by atoms with van der Waals surface area (Å²) in [5.74, 6) is 6.41. The van der Waals surface area contributed by atoms with Gasteiger partial charge in [0.1, 0.15) is 0 Å². The molecule has 0 amide bonds. The summed E-state index contributed by atoms with van der Waals surface area (Å²) in [5, 5.41) is 0. The lowest BCUT2D eigenvalue weighted by molar-refractivity contribution is 0.0284. The molecule has 3 N–H and O–H groups in total. The molecule has 0 saturated carbocycles. The van der Waals surface area contributed by atoms with Crippen LogP contribution in [0.5, 0.6) is 0 Å². The van der Waals surface area contributed by atoms with Crippen LogP contribution in [0.25, 0.3) is 0 Å². The van der Waals surface area contributed by atoms with E-state index in [0.717, 1.165) is 31.8 Å². The Morgan fingerprint density at radius 1 is 1.32 bits per heavy atom. The van der Waals surface area contributed by atoms with Crippen LogP contribution in [0.3, 0.4) is 0 Å². The zero-order valence-corrected chi connectivity index (χ0v) is 12.1. The molecule has 1 aromatic rings. The van der Waals surface area contributed by atoms with Gasteiger partial charge in [0.15, 0.2) is 0 Å². The smallest absolute Gasteiger partial charge is 0.0843 e. The van der Waals surface area contributed by atoms with E-state index in [1.54, 1.807) is 0 Å². The molecule has 1 aliphatic heterocycles. The number of hydrazine groups is 1. The zero-order valence-electron chi connectivity index (χ0n) is 12.1. The lowest BCUT2D eigenvalue weighted by Crippen LogP contribution is -2.37. The van der Waals surface area contributed by atoms with Crippen LogP contribution >= 0.6 is 0 Å². The number of rotatable bonds is 6. The minimum atomic E-state index is 0.193. The molecular weight excluding hydrogens is 236 g/mol. The zero-order chi connectivity index (χ0) is 13.7. The van der Waals surface area contributed by atoms with Gasteiger partial charge < -0.3 is 4.74 Å². The van der Waals surface area contributed by atoms with E-state index in [-0.39, 0.29) is 6.10 Å². The number of hydrogen-bond acceptors (Lipinski definition) is 3. The Balaban J connectivity index is 1.98. The van der Waals surface area contributed by atoms with Crippen LogP contribution < -0.4 is 11.3 Å². The van der Waals surface area contributed by atoms with Crippen LogP contribution in [0, 0.1) is 5.92 Å². The molecule has 1 aliphatic rings. The number of nitrogens with two attached hydrogens (primary N) is 1. The fraction of sp³-hybridized carbons (Fsp3) is 0.625. The minimum Gasteiger partial charge on any atom is -0.373 e. The Bertz CT molecular complexity index is 392. The highest BCUT2D eigenvalue weighted by molar-refractivity contribution is 5.31. The number of hydrogen-bond donors (Lipinski definition) is 2. The fourth-order valence-corrected chi connectivity index (χ4v) is 2.73. The Labute approximate surface area is 116 Å². The van der Waals surface area contributed by atoms with Gasteiger partial charge in [-0.1, -0.05) is 38.1 Å². The molecule has 1 heterocycles. The maximum absolute atomic E-state index is 5.95. The molecule has 0 saturated heterocycles. The van der Waals surface area contributed by atoms with Crippen molar-refractivity contribution in [3.05, 3.63) is 35.4 Å². The summed E-state index contributed by atoms with van der Waals surface area (Å²) >= 11 is 0. The van der Waals surface area contributed by atoms with Crippen molar-refractivity contribution < 1.29 is 4.74 Å². The first kappa shape index (κ1) is 14.5. The Hall–Kier alpha value is -0.900. The second-order valence-electron chi connectivity index (χ2n) is 5.88. The third kappa shape index (κ3) is 4.03. The molecule has 2 rings (SSSR count). The average Bonchev–Trinajstić information content (AvgIpc) is 2.43. The maximum atomic E-state index is 5.95. The second kappa shape index (κ2) is 7.04. The molecule has 3 nitrogen and oxygen atoms in total. The lowest BCUT2D eigenvalue weighted by Gasteiger charge is -2.29. The molecule has 0 spiro atoms. The van der Waals surface area contributed by atoms with E-state index < -0.39 is 0 Å². The molecular formula is C16H26N2O. The van der Waals surface area contributed by atoms with Gasteiger partial charge >= 0.3 is 0 Å². The summed E-state index contributed by atoms with van der Waals surface area (Å²) in [6.07, 6.45) is 4.48. The van der Waals surface area contributed by atoms with Gasteiger partial charge in [-0.05, 0) is 42.7 Å². The van der Waals surface area contributed by atoms with Gasteiger partial charge in [-0.3, -0.25) is 11.3 Å². The summed E-state index contributed by atoms with van der Waals surface area (Å²) in [7, 11) is 0. The van der Waals surface area contributed by atoms with Crippen LogP contribution in [0.15, 0.2) is 24.3 Å². The quantitative estimate of drug-likeness (QED) is 0.612. The minimum absolute atomic E-state index is 0.193. The van der Waals surface area contributed by atoms with Gasteiger partial charge in [0, 0.05) is 6.04 Å². The van der Waals surface area contributed by atoms with E-state index in [9.17, 15) is 0 Å². The normalized spacial score (nSPS) is 20.3. The van der Waals surface area contributed by atoms with E-state index in [4.69, 9.17) is 10.6 Å². The van der Waals surface area contributed by atoms with Crippen molar-refractivity contribution >= 4 is 0 Å². The first-order valence-electron chi connectivity index (χ1n) is 7.36. The van der Waals surface area contributed by atoms with Crippen LogP contribution in [0.1, 0.15) is 50.3 Å². The highest BCUT2D eigenvalue weighted by Gasteiger charge is 2.23. The monoisotopic (exact) mass is 262 g/mol. The summed E-state index contributed by atoms with van der Waals surface area (Å²) in [4.78, 5) is 0. The first-order valence-corrected chi connectivity index (χ1v) is 7.36. The standard InChI is InChI=1S/C16H26N2O/c1-12(2)7-8-14(18-17)11-16-15-6-4-3-5-13(15)9-10-19-16/h3-6,12,14,16,18H,7-11,17H2,1-2H3. The first-order chi connectivity index (χ1) is 9.20. The molecule has 0 radical (unpaired) electrons.